The van der Waals surface area contributed by atoms with Crippen LogP contribution in [0.3, 0.4) is 0 Å². The number of nitrogens with zero attached hydrogens (tertiary/aromatic N) is 3. The Labute approximate surface area is 46.4 Å². The molecule has 0 saturated heterocycles. The van der Waals surface area contributed by atoms with Gasteiger partial charge in [0.2, 0.25) is 0 Å². The van der Waals surface area contributed by atoms with E-state index in [1.54, 1.807) is 6.08 Å². The zero-order valence-electron chi connectivity index (χ0n) is 4.32. The summed E-state index contributed by atoms with van der Waals surface area (Å²) in [6.45, 7) is 4.06. The predicted molar refractivity (Wildman–Crippen MR) is 24.7 cm³/mol. The smallest absolute Gasteiger partial charge is 0.238 e. The van der Waals surface area contributed by atoms with Crippen molar-refractivity contribution in [1.82, 2.24) is 10.3 Å². The van der Waals surface area contributed by atoms with E-state index in [9.17, 15) is 0 Å². The average Bonchev–Trinajstić information content (AvgIpc) is 2.19. The minimum atomic E-state index is 0.569. The maximum atomic E-state index is 4.70. The Morgan fingerprint density at radius 1 is 1.88 bits per heavy atom. The van der Waals surface area contributed by atoms with Gasteiger partial charge in [0.25, 0.3) is 0 Å². The minimum Gasteiger partial charge on any atom is -0.238 e. The van der Waals surface area contributed by atoms with Crippen molar-refractivity contribution in [3.63, 3.8) is 0 Å². The first-order valence-electron chi connectivity index (χ1n) is 2.21. The highest BCUT2D eigenvalue weighted by molar-refractivity contribution is 4.55. The molecule has 1 aromatic rings. The van der Waals surface area contributed by atoms with Gasteiger partial charge < -0.3 is 0 Å². The van der Waals surface area contributed by atoms with Gasteiger partial charge in [-0.25, -0.2) is 4.52 Å². The fourth-order valence-corrected chi connectivity index (χ4v) is 0.365. The summed E-state index contributed by atoms with van der Waals surface area (Å²) in [6, 6.07) is 0. The Hall–Kier alpha value is -1.19. The molecule has 0 bridgehead atoms. The van der Waals surface area contributed by atoms with Crippen LogP contribution in [0.2, 0.25) is 0 Å². The second-order valence-corrected chi connectivity index (χ2v) is 1.24. The summed E-state index contributed by atoms with van der Waals surface area (Å²) in [5.41, 5.74) is 0. The molecule has 0 saturated carbocycles. The highest BCUT2D eigenvalue weighted by Gasteiger charge is 1.96. The third kappa shape index (κ3) is 0.900. The Kier molecular flexibility index (Phi) is 1.37. The van der Waals surface area contributed by atoms with Gasteiger partial charge in [0.1, 0.15) is 5.10 Å². The molecule has 4 heteroatoms. The van der Waals surface area contributed by atoms with Gasteiger partial charge in [0.15, 0.2) is 11.8 Å². The van der Waals surface area contributed by atoms with Crippen LogP contribution < -0.4 is 4.85 Å². The Morgan fingerprint density at radius 3 is 3.25 bits per heavy atom. The first kappa shape index (κ1) is 4.96. The van der Waals surface area contributed by atoms with Crippen LogP contribution in [0, 0.1) is 0 Å². The van der Waals surface area contributed by atoms with Crippen LogP contribution in [-0.2, 0) is 6.54 Å². The molecule has 8 heavy (non-hydrogen) atoms. The molecule has 0 aliphatic carbocycles. The normalized spacial score (nSPS) is 9.00. The molecule has 0 fully saturated rings. The summed E-state index contributed by atoms with van der Waals surface area (Å²) in [7, 11) is 0. The lowest BCUT2D eigenvalue weighted by Gasteiger charge is -1.73. The fourth-order valence-electron chi connectivity index (χ4n) is 0.365. The number of rotatable bonds is 2. The number of hydrogen-bond donors (Lipinski definition) is 0. The Bertz CT molecular complexity index is 158. The first-order valence-corrected chi connectivity index (χ1v) is 2.21. The van der Waals surface area contributed by atoms with E-state index in [1.807, 2.05) is 0 Å². The zero-order chi connectivity index (χ0) is 5.82. The maximum Gasteiger partial charge on any atom is 0.372 e. The van der Waals surface area contributed by atoms with Crippen molar-refractivity contribution >= 4 is 0 Å². The lowest BCUT2D eigenvalue weighted by Crippen LogP contribution is -2.33. The van der Waals surface area contributed by atoms with Crippen molar-refractivity contribution in [3.05, 3.63) is 19.0 Å². The number of aromatic nitrogens is 3. The lowest BCUT2D eigenvalue weighted by molar-refractivity contribution is -0.903. The van der Waals surface area contributed by atoms with Crippen LogP contribution in [0.25, 0.3) is 0 Å². The summed E-state index contributed by atoms with van der Waals surface area (Å²) in [5, 5.41) is 6.97. The molecule has 0 atom stereocenters. The summed E-state index contributed by atoms with van der Waals surface area (Å²) in [6.07, 6.45) is 2.95. The van der Waals surface area contributed by atoms with Gasteiger partial charge in [-0.15, -0.1) is 0 Å². The number of hydrogen-bond acceptors (Lipinski definition) is 3. The highest BCUT2D eigenvalue weighted by Crippen LogP contribution is 1.64. The van der Waals surface area contributed by atoms with Gasteiger partial charge in [0.05, 0.1) is 0 Å². The molecule has 0 N–H and O–H groups in total. The molecule has 4 nitrogen and oxygen atoms in total. The Morgan fingerprint density at radius 2 is 2.75 bits per heavy atom. The van der Waals surface area contributed by atoms with E-state index >= 15 is 0 Å². The molecule has 0 radical (unpaired) electrons. The van der Waals surface area contributed by atoms with Crippen molar-refractivity contribution in [2.75, 3.05) is 0 Å². The highest BCUT2D eigenvalue weighted by atomic mass is 16.5. The van der Waals surface area contributed by atoms with Crippen molar-refractivity contribution in [2.45, 2.75) is 6.54 Å². The van der Waals surface area contributed by atoms with Crippen LogP contribution in [0.1, 0.15) is 0 Å². The fraction of sp³-hybridized carbons (Fsp3) is 0.250. The van der Waals surface area contributed by atoms with Crippen LogP contribution in [0.4, 0.5) is 0 Å². The SMILES string of the molecule is C=CC[n+]1nnco1. The van der Waals surface area contributed by atoms with E-state index in [0.29, 0.717) is 6.54 Å². The van der Waals surface area contributed by atoms with Gasteiger partial charge in [-0.1, -0.05) is 6.58 Å². The van der Waals surface area contributed by atoms with Gasteiger partial charge in [-0.3, -0.25) is 0 Å². The molecule has 0 spiro atoms. The van der Waals surface area contributed by atoms with E-state index in [4.69, 9.17) is 4.52 Å². The van der Waals surface area contributed by atoms with Gasteiger partial charge in [-0.05, 0) is 6.08 Å². The van der Waals surface area contributed by atoms with Gasteiger partial charge in [-0.2, -0.15) is 0 Å². The van der Waals surface area contributed by atoms with E-state index in [2.05, 4.69) is 16.9 Å². The third-order valence-corrected chi connectivity index (χ3v) is 0.653. The van der Waals surface area contributed by atoms with Crippen LogP contribution in [0.5, 0.6) is 0 Å². The Balaban J connectivity index is 2.62. The molecule has 0 aliphatic heterocycles. The van der Waals surface area contributed by atoms with Crippen LogP contribution in [-0.4, -0.2) is 10.3 Å². The summed E-state index contributed by atoms with van der Waals surface area (Å²) < 4.78 is 4.70. The van der Waals surface area contributed by atoms with E-state index < -0.39 is 0 Å². The van der Waals surface area contributed by atoms with E-state index in [-0.39, 0.29) is 0 Å². The molecule has 0 unspecified atom stereocenters. The lowest BCUT2D eigenvalue weighted by atomic mass is 10.7. The standard InChI is InChI=1S/C4H6N3O/c1-2-3-7-6-5-4-8-7/h2,4H,1,3H2/q+1. The van der Waals surface area contributed by atoms with Crippen molar-refractivity contribution in [1.29, 1.82) is 0 Å². The van der Waals surface area contributed by atoms with Gasteiger partial charge in [0, 0.05) is 4.85 Å². The second-order valence-electron chi connectivity index (χ2n) is 1.24. The van der Waals surface area contributed by atoms with Crippen LogP contribution in [0.15, 0.2) is 23.6 Å². The topological polar surface area (TPSA) is 42.8 Å². The molecule has 0 amide bonds. The second kappa shape index (κ2) is 2.20. The summed E-state index contributed by atoms with van der Waals surface area (Å²) in [5.74, 6) is 0. The molecule has 0 aromatic carbocycles. The summed E-state index contributed by atoms with van der Waals surface area (Å²) >= 11 is 0. The third-order valence-electron chi connectivity index (χ3n) is 0.653. The molecule has 1 rings (SSSR count). The molecular weight excluding hydrogens is 106 g/mol. The molecule has 1 aromatic heterocycles. The monoisotopic (exact) mass is 112 g/mol. The first-order chi connectivity index (χ1) is 3.93. The molecule has 0 aliphatic rings. The maximum absolute atomic E-state index is 4.70. The van der Waals surface area contributed by atoms with Crippen molar-refractivity contribution < 1.29 is 9.38 Å². The van der Waals surface area contributed by atoms with E-state index in [1.165, 1.54) is 11.2 Å². The predicted octanol–water partition coefficient (Wildman–Crippen LogP) is -0.457. The van der Waals surface area contributed by atoms with Crippen molar-refractivity contribution in [3.8, 4) is 0 Å². The largest absolute Gasteiger partial charge is 0.372 e. The zero-order valence-corrected chi connectivity index (χ0v) is 4.32. The minimum absolute atomic E-state index is 0.569. The molecular formula is C4H6N3O+. The molecule has 42 valence electrons. The molecule has 1 heterocycles. The van der Waals surface area contributed by atoms with Crippen LogP contribution >= 0.6 is 0 Å². The van der Waals surface area contributed by atoms with Gasteiger partial charge >= 0.3 is 6.39 Å². The quantitative estimate of drug-likeness (QED) is 0.384. The average molecular weight is 112 g/mol. The summed E-state index contributed by atoms with van der Waals surface area (Å²) in [4.78, 5) is 1.33. The number of allylic oxidation sites excluding steroid dienone is 1. The van der Waals surface area contributed by atoms with Crippen molar-refractivity contribution in [2.24, 2.45) is 0 Å². The van der Waals surface area contributed by atoms with E-state index in [0.717, 1.165) is 0 Å².